The standard InChI is InChI=1S/C20H27N3O5/c1-20(2,3)28-19(26)21-15-12-14-6-4-5-7-16(14)23(18(15)25)13-17(24)22-8-10-27-11-9-22/h4-7,15H,8-13H2,1-3H3,(H,21,26)/t15-/m0/s1. The van der Waals surface area contributed by atoms with Crippen LogP contribution in [-0.2, 0) is 25.5 Å². The van der Waals surface area contributed by atoms with E-state index in [4.69, 9.17) is 9.47 Å². The number of hydrogen-bond donors (Lipinski definition) is 1. The summed E-state index contributed by atoms with van der Waals surface area (Å²) >= 11 is 0. The Labute approximate surface area is 164 Å². The van der Waals surface area contributed by atoms with Gasteiger partial charge in [-0.1, -0.05) is 18.2 Å². The highest BCUT2D eigenvalue weighted by molar-refractivity contribution is 6.05. The van der Waals surface area contributed by atoms with Gasteiger partial charge in [0.2, 0.25) is 5.91 Å². The van der Waals surface area contributed by atoms with Crippen molar-refractivity contribution in [1.29, 1.82) is 0 Å². The molecule has 1 fully saturated rings. The molecule has 2 aliphatic rings. The van der Waals surface area contributed by atoms with E-state index in [1.54, 1.807) is 25.7 Å². The fraction of sp³-hybridized carbons (Fsp3) is 0.550. The molecule has 0 bridgehead atoms. The molecule has 1 N–H and O–H groups in total. The van der Waals surface area contributed by atoms with Crippen LogP contribution < -0.4 is 10.2 Å². The van der Waals surface area contributed by atoms with E-state index in [0.29, 0.717) is 38.4 Å². The van der Waals surface area contributed by atoms with Crippen LogP contribution in [0.25, 0.3) is 0 Å². The minimum Gasteiger partial charge on any atom is -0.444 e. The van der Waals surface area contributed by atoms with Gasteiger partial charge in [-0.05, 0) is 32.4 Å². The van der Waals surface area contributed by atoms with Gasteiger partial charge in [0.25, 0.3) is 5.91 Å². The van der Waals surface area contributed by atoms with Crippen molar-refractivity contribution < 1.29 is 23.9 Å². The molecule has 2 aliphatic heterocycles. The van der Waals surface area contributed by atoms with Crippen molar-refractivity contribution in [1.82, 2.24) is 10.2 Å². The Morgan fingerprint density at radius 1 is 1.21 bits per heavy atom. The highest BCUT2D eigenvalue weighted by atomic mass is 16.6. The molecule has 0 aliphatic carbocycles. The molecular formula is C20H27N3O5. The number of carbonyl (C=O) groups is 3. The fourth-order valence-corrected chi connectivity index (χ4v) is 3.33. The number of benzene rings is 1. The molecule has 1 aromatic rings. The number of alkyl carbamates (subject to hydrolysis) is 1. The number of ether oxygens (including phenoxy) is 2. The van der Waals surface area contributed by atoms with Crippen LogP contribution in [0.5, 0.6) is 0 Å². The molecule has 0 spiro atoms. The van der Waals surface area contributed by atoms with E-state index >= 15 is 0 Å². The first-order valence-corrected chi connectivity index (χ1v) is 9.49. The topological polar surface area (TPSA) is 88.2 Å². The summed E-state index contributed by atoms with van der Waals surface area (Å²) in [6.45, 7) is 7.25. The molecule has 3 rings (SSSR count). The van der Waals surface area contributed by atoms with Crippen LogP contribution in [0.3, 0.4) is 0 Å². The summed E-state index contributed by atoms with van der Waals surface area (Å²) in [5.74, 6) is -0.449. The average Bonchev–Trinajstić information content (AvgIpc) is 2.64. The van der Waals surface area contributed by atoms with Crippen LogP contribution >= 0.6 is 0 Å². The maximum Gasteiger partial charge on any atom is 0.408 e. The number of nitrogens with zero attached hydrogens (tertiary/aromatic N) is 2. The van der Waals surface area contributed by atoms with Gasteiger partial charge in [-0.2, -0.15) is 0 Å². The van der Waals surface area contributed by atoms with Gasteiger partial charge in [-0.25, -0.2) is 4.79 Å². The average molecular weight is 389 g/mol. The van der Waals surface area contributed by atoms with Gasteiger partial charge >= 0.3 is 6.09 Å². The van der Waals surface area contributed by atoms with Gasteiger partial charge in [0.15, 0.2) is 0 Å². The minimum absolute atomic E-state index is 0.0671. The maximum atomic E-state index is 13.1. The Balaban J connectivity index is 1.77. The molecule has 0 saturated carbocycles. The lowest BCUT2D eigenvalue weighted by atomic mass is 9.97. The first-order chi connectivity index (χ1) is 13.2. The molecule has 1 aromatic carbocycles. The third kappa shape index (κ3) is 4.81. The van der Waals surface area contributed by atoms with Crippen LogP contribution in [-0.4, -0.2) is 67.3 Å². The quantitative estimate of drug-likeness (QED) is 0.843. The SMILES string of the molecule is CC(C)(C)OC(=O)N[C@H]1Cc2ccccc2N(CC(=O)N2CCOCC2)C1=O. The second-order valence-corrected chi connectivity index (χ2v) is 7.95. The van der Waals surface area contributed by atoms with Gasteiger partial charge in [-0.15, -0.1) is 0 Å². The van der Waals surface area contributed by atoms with E-state index in [-0.39, 0.29) is 18.4 Å². The van der Waals surface area contributed by atoms with Crippen LogP contribution in [0.15, 0.2) is 24.3 Å². The molecular weight excluding hydrogens is 362 g/mol. The molecule has 28 heavy (non-hydrogen) atoms. The van der Waals surface area contributed by atoms with E-state index in [1.165, 1.54) is 4.90 Å². The fourth-order valence-electron chi connectivity index (χ4n) is 3.33. The van der Waals surface area contributed by atoms with E-state index < -0.39 is 17.7 Å². The summed E-state index contributed by atoms with van der Waals surface area (Å²) in [4.78, 5) is 41.1. The maximum absolute atomic E-state index is 13.1. The van der Waals surface area contributed by atoms with Crippen LogP contribution in [0.1, 0.15) is 26.3 Å². The summed E-state index contributed by atoms with van der Waals surface area (Å²) < 4.78 is 10.6. The monoisotopic (exact) mass is 389 g/mol. The lowest BCUT2D eigenvalue weighted by Crippen LogP contribution is -2.56. The number of para-hydroxylation sites is 1. The van der Waals surface area contributed by atoms with Crippen molar-refractivity contribution >= 4 is 23.6 Å². The lowest BCUT2D eigenvalue weighted by molar-refractivity contribution is -0.135. The Morgan fingerprint density at radius 3 is 2.57 bits per heavy atom. The Kier molecular flexibility index (Phi) is 5.88. The zero-order chi connectivity index (χ0) is 20.3. The zero-order valence-electron chi connectivity index (χ0n) is 16.6. The van der Waals surface area contributed by atoms with E-state index in [0.717, 1.165) is 5.56 Å². The normalized spacial score (nSPS) is 19.8. The molecule has 0 radical (unpaired) electrons. The molecule has 8 nitrogen and oxygen atoms in total. The first kappa shape index (κ1) is 20.1. The van der Waals surface area contributed by atoms with Crippen molar-refractivity contribution in [2.24, 2.45) is 0 Å². The van der Waals surface area contributed by atoms with Crippen molar-refractivity contribution in [2.45, 2.75) is 38.8 Å². The first-order valence-electron chi connectivity index (χ1n) is 9.49. The summed E-state index contributed by atoms with van der Waals surface area (Å²) in [6, 6.07) is 6.66. The van der Waals surface area contributed by atoms with Crippen LogP contribution in [0, 0.1) is 0 Å². The van der Waals surface area contributed by atoms with E-state index in [9.17, 15) is 14.4 Å². The number of morpholine rings is 1. The van der Waals surface area contributed by atoms with Crippen molar-refractivity contribution in [2.75, 3.05) is 37.7 Å². The lowest BCUT2D eigenvalue weighted by Gasteiger charge is -2.36. The number of rotatable bonds is 3. The number of nitrogens with one attached hydrogen (secondary N) is 1. The Bertz CT molecular complexity index is 752. The molecule has 3 amide bonds. The predicted molar refractivity (Wildman–Crippen MR) is 103 cm³/mol. The molecule has 1 atom stereocenters. The van der Waals surface area contributed by atoms with Gasteiger partial charge in [0, 0.05) is 25.2 Å². The Hall–Kier alpha value is -2.61. The van der Waals surface area contributed by atoms with Crippen LogP contribution in [0.4, 0.5) is 10.5 Å². The summed E-state index contributed by atoms with van der Waals surface area (Å²) in [7, 11) is 0. The smallest absolute Gasteiger partial charge is 0.408 e. The van der Waals surface area contributed by atoms with Gasteiger partial charge in [0.05, 0.1) is 13.2 Å². The second-order valence-electron chi connectivity index (χ2n) is 7.95. The van der Waals surface area contributed by atoms with Gasteiger partial charge in [-0.3, -0.25) is 9.59 Å². The molecule has 1 saturated heterocycles. The highest BCUT2D eigenvalue weighted by Crippen LogP contribution is 2.28. The number of fused-ring (bicyclic) bond motifs is 1. The highest BCUT2D eigenvalue weighted by Gasteiger charge is 2.36. The third-order valence-electron chi connectivity index (χ3n) is 4.62. The summed E-state index contributed by atoms with van der Waals surface area (Å²) in [6.07, 6.45) is -0.291. The van der Waals surface area contributed by atoms with Gasteiger partial charge < -0.3 is 24.6 Å². The van der Waals surface area contributed by atoms with E-state index in [2.05, 4.69) is 5.32 Å². The van der Waals surface area contributed by atoms with Crippen molar-refractivity contribution in [3.05, 3.63) is 29.8 Å². The molecule has 152 valence electrons. The number of anilines is 1. The zero-order valence-corrected chi connectivity index (χ0v) is 16.6. The van der Waals surface area contributed by atoms with Crippen molar-refractivity contribution in [3.8, 4) is 0 Å². The third-order valence-corrected chi connectivity index (χ3v) is 4.62. The molecule has 0 aromatic heterocycles. The van der Waals surface area contributed by atoms with Gasteiger partial charge in [0.1, 0.15) is 18.2 Å². The number of carbonyl (C=O) groups excluding carboxylic acids is 3. The molecule has 2 heterocycles. The summed E-state index contributed by atoms with van der Waals surface area (Å²) in [5, 5.41) is 2.65. The Morgan fingerprint density at radius 2 is 1.89 bits per heavy atom. The molecule has 8 heteroatoms. The predicted octanol–water partition coefficient (Wildman–Crippen LogP) is 1.33. The number of amides is 3. The molecule has 0 unspecified atom stereocenters. The summed E-state index contributed by atoms with van der Waals surface area (Å²) in [5.41, 5.74) is 0.945. The van der Waals surface area contributed by atoms with Crippen molar-refractivity contribution in [3.63, 3.8) is 0 Å². The number of hydrogen-bond acceptors (Lipinski definition) is 5. The minimum atomic E-state index is -0.776. The largest absolute Gasteiger partial charge is 0.444 e. The van der Waals surface area contributed by atoms with E-state index in [1.807, 2.05) is 24.3 Å². The van der Waals surface area contributed by atoms with Crippen LogP contribution in [0.2, 0.25) is 0 Å². The second kappa shape index (κ2) is 8.18.